The van der Waals surface area contributed by atoms with Gasteiger partial charge in [0.1, 0.15) is 6.61 Å². The maximum atomic E-state index is 12.4. The van der Waals surface area contributed by atoms with Crippen molar-refractivity contribution in [1.82, 2.24) is 9.21 Å². The van der Waals surface area contributed by atoms with Crippen LogP contribution in [-0.4, -0.2) is 68.7 Å². The fourth-order valence-electron chi connectivity index (χ4n) is 3.88. The number of piperidine rings is 1. The molecule has 2 rings (SSSR count). The molecule has 0 spiro atoms. The lowest BCUT2D eigenvalue weighted by atomic mass is 9.85. The summed E-state index contributed by atoms with van der Waals surface area (Å²) >= 11 is 0. The van der Waals surface area contributed by atoms with Gasteiger partial charge in [-0.2, -0.15) is 0 Å². The molecule has 7 heteroatoms. The fourth-order valence-corrected chi connectivity index (χ4v) is 4.63. The standard InChI is InChI=1S/C17H32N2O4S/c1-4-14-7-5-6-8-16(14)23-13-17(20)19-11-9-15(10-12-19)18(2)24(3,21)22/h14-16H,4-13H2,1-3H3. The largest absolute Gasteiger partial charge is 0.368 e. The van der Waals surface area contributed by atoms with Gasteiger partial charge >= 0.3 is 0 Å². The SMILES string of the molecule is CCC1CCCCC1OCC(=O)N1CCC(N(C)S(C)(=O)=O)CC1. The van der Waals surface area contributed by atoms with Gasteiger partial charge in [0.25, 0.3) is 0 Å². The lowest BCUT2D eigenvalue weighted by molar-refractivity contribution is -0.141. The quantitative estimate of drug-likeness (QED) is 0.725. The Morgan fingerprint density at radius 2 is 1.79 bits per heavy atom. The highest BCUT2D eigenvalue weighted by Gasteiger charge is 2.30. The highest BCUT2D eigenvalue weighted by atomic mass is 32.2. The van der Waals surface area contributed by atoms with E-state index in [4.69, 9.17) is 4.74 Å². The minimum absolute atomic E-state index is 0.00668. The second kappa shape index (κ2) is 8.63. The van der Waals surface area contributed by atoms with E-state index in [1.807, 2.05) is 4.90 Å². The van der Waals surface area contributed by atoms with Crippen molar-refractivity contribution >= 4 is 15.9 Å². The van der Waals surface area contributed by atoms with Gasteiger partial charge in [0, 0.05) is 26.2 Å². The van der Waals surface area contributed by atoms with E-state index < -0.39 is 10.0 Å². The molecular formula is C17H32N2O4S. The number of nitrogens with zero attached hydrogens (tertiary/aromatic N) is 2. The van der Waals surface area contributed by atoms with Crippen molar-refractivity contribution in [2.45, 2.75) is 64.0 Å². The third kappa shape index (κ3) is 5.17. The normalized spacial score (nSPS) is 26.8. The molecule has 0 aromatic rings. The predicted octanol–water partition coefficient (Wildman–Crippen LogP) is 1.85. The van der Waals surface area contributed by atoms with E-state index >= 15 is 0 Å². The molecular weight excluding hydrogens is 328 g/mol. The van der Waals surface area contributed by atoms with Gasteiger partial charge in [0.2, 0.25) is 15.9 Å². The summed E-state index contributed by atoms with van der Waals surface area (Å²) in [5, 5.41) is 0. The van der Waals surface area contributed by atoms with Gasteiger partial charge in [0.15, 0.2) is 0 Å². The van der Waals surface area contributed by atoms with Crippen LogP contribution in [0.5, 0.6) is 0 Å². The maximum Gasteiger partial charge on any atom is 0.248 e. The number of likely N-dealkylation sites (tertiary alicyclic amines) is 1. The van der Waals surface area contributed by atoms with Crippen LogP contribution in [0.15, 0.2) is 0 Å². The van der Waals surface area contributed by atoms with E-state index in [-0.39, 0.29) is 24.7 Å². The molecule has 0 aromatic heterocycles. The molecule has 6 nitrogen and oxygen atoms in total. The zero-order valence-corrected chi connectivity index (χ0v) is 16.1. The van der Waals surface area contributed by atoms with Crippen molar-refractivity contribution < 1.29 is 17.9 Å². The van der Waals surface area contributed by atoms with Crippen LogP contribution in [0.3, 0.4) is 0 Å². The average Bonchev–Trinajstić information content (AvgIpc) is 2.58. The Morgan fingerprint density at radius 1 is 1.17 bits per heavy atom. The molecule has 24 heavy (non-hydrogen) atoms. The van der Waals surface area contributed by atoms with E-state index in [9.17, 15) is 13.2 Å². The summed E-state index contributed by atoms with van der Waals surface area (Å²) in [6, 6.07) is -0.00668. The van der Waals surface area contributed by atoms with Crippen molar-refractivity contribution in [2.75, 3.05) is 33.0 Å². The van der Waals surface area contributed by atoms with Crippen LogP contribution in [0, 0.1) is 5.92 Å². The third-order valence-electron chi connectivity index (χ3n) is 5.64. The third-order valence-corrected chi connectivity index (χ3v) is 6.98. The molecule has 0 aromatic carbocycles. The Labute approximate surface area is 146 Å². The van der Waals surface area contributed by atoms with Gasteiger partial charge in [-0.3, -0.25) is 4.79 Å². The second-order valence-electron chi connectivity index (χ2n) is 7.19. The van der Waals surface area contributed by atoms with E-state index in [1.54, 1.807) is 7.05 Å². The van der Waals surface area contributed by atoms with Crippen molar-refractivity contribution in [1.29, 1.82) is 0 Å². The molecule has 2 atom stereocenters. The smallest absolute Gasteiger partial charge is 0.248 e. The van der Waals surface area contributed by atoms with Gasteiger partial charge in [-0.05, 0) is 31.6 Å². The molecule has 2 unspecified atom stereocenters. The molecule has 0 radical (unpaired) electrons. The summed E-state index contributed by atoms with van der Waals surface area (Å²) in [6.07, 6.45) is 8.68. The van der Waals surface area contributed by atoms with E-state index in [1.165, 1.54) is 29.8 Å². The first-order valence-corrected chi connectivity index (χ1v) is 11.0. The van der Waals surface area contributed by atoms with Crippen molar-refractivity contribution in [2.24, 2.45) is 5.92 Å². The summed E-state index contributed by atoms with van der Waals surface area (Å²) in [7, 11) is -1.55. The number of carbonyl (C=O) groups is 1. The fraction of sp³-hybridized carbons (Fsp3) is 0.941. The summed E-state index contributed by atoms with van der Waals surface area (Å²) in [5.74, 6) is 0.622. The minimum Gasteiger partial charge on any atom is -0.368 e. The Balaban J connectivity index is 1.76. The van der Waals surface area contributed by atoms with Crippen LogP contribution in [0.25, 0.3) is 0 Å². The van der Waals surface area contributed by atoms with Gasteiger partial charge in [-0.15, -0.1) is 0 Å². The Morgan fingerprint density at radius 3 is 2.38 bits per heavy atom. The maximum absolute atomic E-state index is 12.4. The topological polar surface area (TPSA) is 66.9 Å². The molecule has 2 aliphatic rings. The lowest BCUT2D eigenvalue weighted by Crippen LogP contribution is -2.48. The Kier molecular flexibility index (Phi) is 7.07. The molecule has 0 N–H and O–H groups in total. The second-order valence-corrected chi connectivity index (χ2v) is 9.24. The van der Waals surface area contributed by atoms with E-state index in [0.717, 1.165) is 12.8 Å². The summed E-state index contributed by atoms with van der Waals surface area (Å²) in [4.78, 5) is 14.2. The van der Waals surface area contributed by atoms with Crippen molar-refractivity contribution in [3.05, 3.63) is 0 Å². The number of hydrogen-bond donors (Lipinski definition) is 0. The van der Waals surface area contributed by atoms with E-state index in [2.05, 4.69) is 6.92 Å². The van der Waals surface area contributed by atoms with Crippen LogP contribution in [0.4, 0.5) is 0 Å². The summed E-state index contributed by atoms with van der Waals surface area (Å²) < 4.78 is 30.6. The van der Waals surface area contributed by atoms with Gasteiger partial charge in [-0.25, -0.2) is 12.7 Å². The number of carbonyl (C=O) groups excluding carboxylic acids is 1. The number of ether oxygens (including phenoxy) is 1. The van der Waals surface area contributed by atoms with Crippen molar-refractivity contribution in [3.63, 3.8) is 0 Å². The summed E-state index contributed by atoms with van der Waals surface area (Å²) in [6.45, 7) is 3.56. The number of amides is 1. The average molecular weight is 361 g/mol. The zero-order chi connectivity index (χ0) is 17.7. The van der Waals surface area contributed by atoms with Gasteiger partial charge in [-0.1, -0.05) is 26.2 Å². The van der Waals surface area contributed by atoms with Gasteiger partial charge < -0.3 is 9.64 Å². The highest BCUT2D eigenvalue weighted by molar-refractivity contribution is 7.88. The molecule has 1 amide bonds. The molecule has 2 fully saturated rings. The molecule has 1 saturated carbocycles. The predicted molar refractivity (Wildman–Crippen MR) is 94.2 cm³/mol. The van der Waals surface area contributed by atoms with E-state index in [0.29, 0.717) is 31.8 Å². The number of hydrogen-bond acceptors (Lipinski definition) is 4. The van der Waals surface area contributed by atoms with Crippen LogP contribution < -0.4 is 0 Å². The van der Waals surface area contributed by atoms with Crippen LogP contribution in [-0.2, 0) is 19.6 Å². The first-order valence-electron chi connectivity index (χ1n) is 9.15. The summed E-state index contributed by atoms with van der Waals surface area (Å²) in [5.41, 5.74) is 0. The molecule has 1 saturated heterocycles. The van der Waals surface area contributed by atoms with Gasteiger partial charge in [0.05, 0.1) is 12.4 Å². The molecule has 0 bridgehead atoms. The molecule has 1 aliphatic carbocycles. The minimum atomic E-state index is -3.17. The molecule has 140 valence electrons. The van der Waals surface area contributed by atoms with Crippen molar-refractivity contribution in [3.8, 4) is 0 Å². The lowest BCUT2D eigenvalue weighted by Gasteiger charge is -2.36. The number of sulfonamides is 1. The molecule has 1 aliphatic heterocycles. The monoisotopic (exact) mass is 360 g/mol. The zero-order valence-electron chi connectivity index (χ0n) is 15.2. The Bertz CT molecular complexity index is 515. The Hall–Kier alpha value is -0.660. The first-order chi connectivity index (χ1) is 11.3. The number of rotatable bonds is 6. The van der Waals surface area contributed by atoms with Crippen LogP contribution >= 0.6 is 0 Å². The van der Waals surface area contributed by atoms with Crippen LogP contribution in [0.2, 0.25) is 0 Å². The molecule has 1 heterocycles. The van der Waals surface area contributed by atoms with Crippen LogP contribution in [0.1, 0.15) is 51.9 Å². The highest BCUT2D eigenvalue weighted by Crippen LogP contribution is 2.29. The first kappa shape index (κ1) is 19.7.